The summed E-state index contributed by atoms with van der Waals surface area (Å²) in [6, 6.07) is 17.7. The Kier molecular flexibility index (Phi) is 5.74. The number of nitriles is 1. The van der Waals surface area contributed by atoms with Crippen molar-refractivity contribution in [3.63, 3.8) is 0 Å². The molecule has 4 heteroatoms. The predicted octanol–water partition coefficient (Wildman–Crippen LogP) is 4.94. The maximum absolute atomic E-state index is 14.0. The first-order chi connectivity index (χ1) is 14.6. The molecule has 30 heavy (non-hydrogen) atoms. The molecule has 0 radical (unpaired) electrons. The SMILES string of the molecule is Cc1ccc(C(=O)c2c(-c3ccccn3)ccc(C#N)c2C2CCNCC2)c(C)c1. The predicted molar refractivity (Wildman–Crippen MR) is 119 cm³/mol. The van der Waals surface area contributed by atoms with Crippen molar-refractivity contribution in [2.24, 2.45) is 0 Å². The van der Waals surface area contributed by atoms with Crippen LogP contribution >= 0.6 is 0 Å². The molecule has 0 atom stereocenters. The fraction of sp³-hybridized carbons (Fsp3) is 0.269. The molecular formula is C26H25N3O. The first-order valence-electron chi connectivity index (χ1n) is 10.4. The van der Waals surface area contributed by atoms with Gasteiger partial charge in [-0.2, -0.15) is 5.26 Å². The molecule has 1 N–H and O–H groups in total. The minimum atomic E-state index is -0.0289. The molecule has 1 aliphatic heterocycles. The topological polar surface area (TPSA) is 65.8 Å². The van der Waals surface area contributed by atoms with Crippen molar-refractivity contribution in [2.45, 2.75) is 32.6 Å². The maximum Gasteiger partial charge on any atom is 0.194 e. The van der Waals surface area contributed by atoms with Gasteiger partial charge in [0.1, 0.15) is 0 Å². The van der Waals surface area contributed by atoms with Gasteiger partial charge in [-0.25, -0.2) is 0 Å². The number of hydrogen-bond donors (Lipinski definition) is 1. The number of pyridine rings is 1. The van der Waals surface area contributed by atoms with E-state index in [-0.39, 0.29) is 11.7 Å². The molecule has 2 aromatic carbocycles. The van der Waals surface area contributed by atoms with Crippen LogP contribution in [0, 0.1) is 25.2 Å². The molecule has 4 nitrogen and oxygen atoms in total. The van der Waals surface area contributed by atoms with Gasteiger partial charge < -0.3 is 5.32 Å². The zero-order chi connectivity index (χ0) is 21.1. The van der Waals surface area contributed by atoms with Gasteiger partial charge in [0.2, 0.25) is 0 Å². The quantitative estimate of drug-likeness (QED) is 0.636. The van der Waals surface area contributed by atoms with Gasteiger partial charge in [0, 0.05) is 22.9 Å². The summed E-state index contributed by atoms with van der Waals surface area (Å²) in [5.74, 6) is 0.146. The highest BCUT2D eigenvalue weighted by Gasteiger charge is 2.29. The molecule has 0 bridgehead atoms. The van der Waals surface area contributed by atoms with Crippen molar-refractivity contribution >= 4 is 5.78 Å². The highest BCUT2D eigenvalue weighted by Crippen LogP contribution is 2.37. The highest BCUT2D eigenvalue weighted by atomic mass is 16.1. The van der Waals surface area contributed by atoms with Crippen molar-refractivity contribution in [1.29, 1.82) is 5.26 Å². The summed E-state index contributed by atoms with van der Waals surface area (Å²) in [6.07, 6.45) is 3.56. The number of ketones is 1. The van der Waals surface area contributed by atoms with E-state index in [0.29, 0.717) is 16.7 Å². The van der Waals surface area contributed by atoms with Gasteiger partial charge in [-0.1, -0.05) is 35.9 Å². The molecule has 1 saturated heterocycles. The smallest absolute Gasteiger partial charge is 0.194 e. The Labute approximate surface area is 177 Å². The second kappa shape index (κ2) is 8.61. The molecular weight excluding hydrogens is 370 g/mol. The average Bonchev–Trinajstić information content (AvgIpc) is 2.79. The van der Waals surface area contributed by atoms with Gasteiger partial charge in [-0.3, -0.25) is 9.78 Å². The molecule has 2 heterocycles. The van der Waals surface area contributed by atoms with Crippen LogP contribution in [0.25, 0.3) is 11.3 Å². The molecule has 0 aliphatic carbocycles. The largest absolute Gasteiger partial charge is 0.317 e. The van der Waals surface area contributed by atoms with Crippen LogP contribution in [0.5, 0.6) is 0 Å². The fourth-order valence-corrected chi connectivity index (χ4v) is 4.43. The summed E-state index contributed by atoms with van der Waals surface area (Å²) in [5.41, 5.74) is 6.42. The Morgan fingerprint density at radius 2 is 1.90 bits per heavy atom. The Bertz CT molecular complexity index is 1120. The van der Waals surface area contributed by atoms with E-state index in [4.69, 9.17) is 0 Å². The van der Waals surface area contributed by atoms with Crippen molar-refractivity contribution in [1.82, 2.24) is 10.3 Å². The number of carbonyl (C=O) groups is 1. The molecule has 1 fully saturated rings. The van der Waals surface area contributed by atoms with Gasteiger partial charge in [0.05, 0.1) is 17.3 Å². The number of hydrogen-bond acceptors (Lipinski definition) is 4. The monoisotopic (exact) mass is 395 g/mol. The van der Waals surface area contributed by atoms with Gasteiger partial charge in [0.25, 0.3) is 0 Å². The second-order valence-electron chi connectivity index (χ2n) is 7.95. The van der Waals surface area contributed by atoms with Crippen LogP contribution < -0.4 is 5.32 Å². The van der Waals surface area contributed by atoms with Crippen molar-refractivity contribution < 1.29 is 4.79 Å². The third-order valence-corrected chi connectivity index (χ3v) is 5.91. The van der Waals surface area contributed by atoms with E-state index in [1.807, 2.05) is 62.4 Å². The Morgan fingerprint density at radius 1 is 1.10 bits per heavy atom. The third-order valence-electron chi connectivity index (χ3n) is 5.91. The van der Waals surface area contributed by atoms with Crippen molar-refractivity contribution in [2.75, 3.05) is 13.1 Å². The van der Waals surface area contributed by atoms with Crippen LogP contribution in [0.4, 0.5) is 0 Å². The number of piperidine rings is 1. The zero-order valence-electron chi connectivity index (χ0n) is 17.4. The Morgan fingerprint density at radius 3 is 2.57 bits per heavy atom. The van der Waals surface area contributed by atoms with E-state index in [1.54, 1.807) is 6.20 Å². The van der Waals surface area contributed by atoms with Gasteiger partial charge in [-0.15, -0.1) is 0 Å². The molecule has 1 aromatic heterocycles. The summed E-state index contributed by atoms with van der Waals surface area (Å²) in [5, 5.41) is 13.3. The summed E-state index contributed by atoms with van der Waals surface area (Å²) in [6.45, 7) is 5.78. The normalized spacial score (nSPS) is 14.3. The molecule has 0 unspecified atom stereocenters. The van der Waals surface area contributed by atoms with Gasteiger partial charge in [-0.05, 0) is 75.0 Å². The second-order valence-corrected chi connectivity index (χ2v) is 7.95. The lowest BCUT2D eigenvalue weighted by Crippen LogP contribution is -2.28. The molecule has 0 saturated carbocycles. The standard InChI is InChI=1S/C26H25N3O/c1-17-6-8-21(18(2)15-17)26(30)25-22(23-5-3-4-12-29-23)9-7-20(16-27)24(25)19-10-13-28-14-11-19/h3-9,12,15,19,28H,10-11,13-14H2,1-2H3. The molecule has 1 aliphatic rings. The lowest BCUT2D eigenvalue weighted by molar-refractivity contribution is 0.103. The number of carbonyl (C=O) groups excluding carboxylic acids is 1. The van der Waals surface area contributed by atoms with Crippen molar-refractivity contribution in [3.05, 3.63) is 88.1 Å². The number of aromatic nitrogens is 1. The van der Waals surface area contributed by atoms with Crippen molar-refractivity contribution in [3.8, 4) is 17.3 Å². The lowest BCUT2D eigenvalue weighted by Gasteiger charge is -2.27. The minimum Gasteiger partial charge on any atom is -0.317 e. The number of aryl methyl sites for hydroxylation is 2. The van der Waals surface area contributed by atoms with Gasteiger partial charge in [0.15, 0.2) is 5.78 Å². The average molecular weight is 396 g/mol. The van der Waals surface area contributed by atoms with Crippen LogP contribution in [0.15, 0.2) is 54.7 Å². The van der Waals surface area contributed by atoms with Crippen LogP contribution in [0.3, 0.4) is 0 Å². The third kappa shape index (κ3) is 3.77. The molecule has 0 amide bonds. The molecule has 4 rings (SSSR count). The van der Waals surface area contributed by atoms with Crippen LogP contribution in [-0.2, 0) is 0 Å². The van der Waals surface area contributed by atoms with Gasteiger partial charge >= 0.3 is 0 Å². The molecule has 3 aromatic rings. The first-order valence-corrected chi connectivity index (χ1v) is 10.4. The van der Waals surface area contributed by atoms with E-state index >= 15 is 0 Å². The number of nitrogens with zero attached hydrogens (tertiary/aromatic N) is 2. The summed E-state index contributed by atoms with van der Waals surface area (Å²) >= 11 is 0. The van der Waals surface area contributed by atoms with Crippen LogP contribution in [0.2, 0.25) is 0 Å². The lowest BCUT2D eigenvalue weighted by atomic mass is 9.79. The number of benzene rings is 2. The van der Waals surface area contributed by atoms with E-state index in [1.165, 1.54) is 0 Å². The maximum atomic E-state index is 14.0. The van der Waals surface area contributed by atoms with E-state index < -0.39 is 0 Å². The van der Waals surface area contributed by atoms with E-state index in [9.17, 15) is 10.1 Å². The molecule has 0 spiro atoms. The highest BCUT2D eigenvalue weighted by molar-refractivity contribution is 6.15. The summed E-state index contributed by atoms with van der Waals surface area (Å²) in [4.78, 5) is 18.5. The molecule has 150 valence electrons. The summed E-state index contributed by atoms with van der Waals surface area (Å²) in [7, 11) is 0. The zero-order valence-corrected chi connectivity index (χ0v) is 17.4. The number of rotatable bonds is 4. The number of nitrogens with one attached hydrogen (secondary N) is 1. The van der Waals surface area contributed by atoms with Crippen LogP contribution in [0.1, 0.15) is 56.9 Å². The Hall–Kier alpha value is -3.29. The van der Waals surface area contributed by atoms with E-state index in [2.05, 4.69) is 16.4 Å². The Balaban J connectivity index is 1.99. The minimum absolute atomic E-state index is 0.0289. The van der Waals surface area contributed by atoms with E-state index in [0.717, 1.165) is 53.9 Å². The fourth-order valence-electron chi connectivity index (χ4n) is 4.43. The van der Waals surface area contributed by atoms with Crippen LogP contribution in [-0.4, -0.2) is 23.9 Å². The summed E-state index contributed by atoms with van der Waals surface area (Å²) < 4.78 is 0. The first kappa shape index (κ1) is 20.0.